The van der Waals surface area contributed by atoms with E-state index in [0.29, 0.717) is 24.7 Å². The average molecular weight is 295 g/mol. The van der Waals surface area contributed by atoms with Gasteiger partial charge in [-0.2, -0.15) is 0 Å². The number of carbonyl (C=O) groups is 2. The summed E-state index contributed by atoms with van der Waals surface area (Å²) >= 11 is 0. The molecule has 0 bridgehead atoms. The summed E-state index contributed by atoms with van der Waals surface area (Å²) in [5.74, 6) is -0.0858. The molecule has 0 saturated heterocycles. The minimum Gasteiger partial charge on any atom is -0.490 e. The van der Waals surface area contributed by atoms with Gasteiger partial charge in [0, 0.05) is 13.1 Å². The van der Waals surface area contributed by atoms with Gasteiger partial charge in [0.05, 0.1) is 13.0 Å². The number of nitrogens with zero attached hydrogens (tertiary/aromatic N) is 1. The number of ether oxygens (including phenoxy) is 2. The first kappa shape index (κ1) is 16.8. The fourth-order valence-corrected chi connectivity index (χ4v) is 1.76. The molecule has 1 amide bonds. The first-order valence-corrected chi connectivity index (χ1v) is 6.92. The van der Waals surface area contributed by atoms with E-state index >= 15 is 0 Å². The maximum absolute atomic E-state index is 12.0. The Morgan fingerprint density at radius 2 is 1.76 bits per heavy atom. The molecule has 0 fully saturated rings. The van der Waals surface area contributed by atoms with Gasteiger partial charge in [-0.3, -0.25) is 9.59 Å². The van der Waals surface area contributed by atoms with Crippen LogP contribution in [-0.2, 0) is 9.59 Å². The van der Waals surface area contributed by atoms with Crippen molar-refractivity contribution in [2.24, 2.45) is 0 Å². The lowest BCUT2D eigenvalue weighted by Gasteiger charge is -2.20. The van der Waals surface area contributed by atoms with E-state index in [1.807, 2.05) is 13.0 Å². The van der Waals surface area contributed by atoms with Gasteiger partial charge in [-0.1, -0.05) is 12.1 Å². The summed E-state index contributed by atoms with van der Waals surface area (Å²) in [5, 5.41) is 8.66. The van der Waals surface area contributed by atoms with Crippen LogP contribution >= 0.6 is 0 Å². The van der Waals surface area contributed by atoms with Crippen LogP contribution in [0.1, 0.15) is 20.3 Å². The molecular formula is C15H21NO5. The highest BCUT2D eigenvalue weighted by molar-refractivity contribution is 5.78. The minimum absolute atomic E-state index is 0.0743. The zero-order chi connectivity index (χ0) is 15.7. The van der Waals surface area contributed by atoms with Gasteiger partial charge < -0.3 is 19.5 Å². The minimum atomic E-state index is -0.927. The molecule has 0 heterocycles. The third-order valence-electron chi connectivity index (χ3n) is 2.83. The largest absolute Gasteiger partial charge is 0.490 e. The van der Waals surface area contributed by atoms with E-state index in [-0.39, 0.29) is 25.5 Å². The van der Waals surface area contributed by atoms with Gasteiger partial charge in [0.25, 0.3) is 5.91 Å². The second kappa shape index (κ2) is 8.84. The molecule has 0 unspecified atom stereocenters. The number of amides is 1. The fraction of sp³-hybridized carbons (Fsp3) is 0.467. The van der Waals surface area contributed by atoms with Crippen molar-refractivity contribution in [2.75, 3.05) is 26.3 Å². The second-order valence-electron chi connectivity index (χ2n) is 4.29. The monoisotopic (exact) mass is 295 g/mol. The number of likely N-dealkylation sites (N-methyl/N-ethyl adjacent to an activating group) is 1. The van der Waals surface area contributed by atoms with Gasteiger partial charge in [0.1, 0.15) is 0 Å². The third-order valence-corrected chi connectivity index (χ3v) is 2.83. The second-order valence-corrected chi connectivity index (χ2v) is 4.29. The van der Waals surface area contributed by atoms with Gasteiger partial charge in [-0.25, -0.2) is 0 Å². The van der Waals surface area contributed by atoms with Crippen molar-refractivity contribution in [2.45, 2.75) is 20.3 Å². The van der Waals surface area contributed by atoms with E-state index in [2.05, 4.69) is 0 Å². The van der Waals surface area contributed by atoms with E-state index < -0.39 is 5.97 Å². The lowest BCUT2D eigenvalue weighted by molar-refractivity contribution is -0.139. The quantitative estimate of drug-likeness (QED) is 0.751. The van der Waals surface area contributed by atoms with Crippen molar-refractivity contribution in [1.29, 1.82) is 0 Å². The Labute approximate surface area is 124 Å². The maximum atomic E-state index is 12.0. The number of benzene rings is 1. The highest BCUT2D eigenvalue weighted by Gasteiger charge is 2.14. The number of rotatable bonds is 9. The molecule has 0 saturated carbocycles. The van der Waals surface area contributed by atoms with E-state index in [9.17, 15) is 9.59 Å². The molecule has 0 aliphatic rings. The van der Waals surface area contributed by atoms with Gasteiger partial charge in [-0.15, -0.1) is 0 Å². The van der Waals surface area contributed by atoms with Crippen LogP contribution < -0.4 is 9.47 Å². The van der Waals surface area contributed by atoms with E-state index in [0.717, 1.165) is 0 Å². The smallest absolute Gasteiger partial charge is 0.305 e. The van der Waals surface area contributed by atoms with Crippen LogP contribution in [0, 0.1) is 0 Å². The number of para-hydroxylation sites is 2. The zero-order valence-corrected chi connectivity index (χ0v) is 12.4. The Morgan fingerprint density at radius 1 is 1.14 bits per heavy atom. The number of carboxylic acid groups (broad SMARTS) is 1. The summed E-state index contributed by atoms with van der Waals surface area (Å²) in [4.78, 5) is 24.0. The number of hydrogen-bond acceptors (Lipinski definition) is 4. The molecule has 1 rings (SSSR count). The van der Waals surface area contributed by atoms with Crippen molar-refractivity contribution < 1.29 is 24.2 Å². The van der Waals surface area contributed by atoms with E-state index in [1.54, 1.807) is 25.1 Å². The van der Waals surface area contributed by atoms with Crippen LogP contribution in [0.25, 0.3) is 0 Å². The van der Waals surface area contributed by atoms with E-state index in [4.69, 9.17) is 14.6 Å². The van der Waals surface area contributed by atoms with Gasteiger partial charge in [0.15, 0.2) is 18.1 Å². The predicted molar refractivity (Wildman–Crippen MR) is 77.6 cm³/mol. The molecule has 1 N–H and O–H groups in total. The molecule has 1 aromatic rings. The topological polar surface area (TPSA) is 76.1 Å². The van der Waals surface area contributed by atoms with Crippen molar-refractivity contribution in [1.82, 2.24) is 4.90 Å². The standard InChI is InChI=1S/C15H21NO5/c1-3-16(10-9-15(18)19)14(17)11-21-13-8-6-5-7-12(13)20-4-2/h5-8H,3-4,9-11H2,1-2H3,(H,18,19). The maximum Gasteiger partial charge on any atom is 0.305 e. The van der Waals surface area contributed by atoms with E-state index in [1.165, 1.54) is 4.90 Å². The summed E-state index contributed by atoms with van der Waals surface area (Å²) < 4.78 is 10.9. The summed E-state index contributed by atoms with van der Waals surface area (Å²) in [6.07, 6.45) is -0.0743. The van der Waals surface area contributed by atoms with Crippen molar-refractivity contribution in [3.8, 4) is 11.5 Å². The van der Waals surface area contributed by atoms with Crippen molar-refractivity contribution in [3.63, 3.8) is 0 Å². The Morgan fingerprint density at radius 3 is 2.29 bits per heavy atom. The molecule has 6 heteroatoms. The predicted octanol–water partition coefficient (Wildman–Crippen LogP) is 1.79. The summed E-state index contributed by atoms with van der Waals surface area (Å²) in [6.45, 7) is 4.66. The normalized spacial score (nSPS) is 10.0. The summed E-state index contributed by atoms with van der Waals surface area (Å²) in [7, 11) is 0. The third kappa shape index (κ3) is 5.72. The lowest BCUT2D eigenvalue weighted by atomic mass is 10.3. The summed E-state index contributed by atoms with van der Waals surface area (Å²) in [5.41, 5.74) is 0. The van der Waals surface area contributed by atoms with Gasteiger partial charge >= 0.3 is 5.97 Å². The molecule has 0 spiro atoms. The highest BCUT2D eigenvalue weighted by atomic mass is 16.5. The van der Waals surface area contributed by atoms with Crippen molar-refractivity contribution >= 4 is 11.9 Å². The number of carboxylic acids is 1. The Hall–Kier alpha value is -2.24. The van der Waals surface area contributed by atoms with Crippen LogP contribution in [0.3, 0.4) is 0 Å². The molecular weight excluding hydrogens is 274 g/mol. The molecule has 6 nitrogen and oxygen atoms in total. The summed E-state index contributed by atoms with van der Waals surface area (Å²) in [6, 6.07) is 7.12. The Kier molecular flexibility index (Phi) is 7.08. The zero-order valence-electron chi connectivity index (χ0n) is 12.4. The molecule has 1 aromatic carbocycles. The highest BCUT2D eigenvalue weighted by Crippen LogP contribution is 2.26. The number of carbonyl (C=O) groups excluding carboxylic acids is 1. The van der Waals surface area contributed by atoms with Crippen LogP contribution in [0.2, 0.25) is 0 Å². The molecule has 0 aromatic heterocycles. The number of aliphatic carboxylic acids is 1. The molecule has 0 aliphatic carbocycles. The average Bonchev–Trinajstić information content (AvgIpc) is 2.47. The molecule has 116 valence electrons. The lowest BCUT2D eigenvalue weighted by Crippen LogP contribution is -2.36. The molecule has 0 aliphatic heterocycles. The van der Waals surface area contributed by atoms with Crippen molar-refractivity contribution in [3.05, 3.63) is 24.3 Å². The first-order chi connectivity index (χ1) is 10.1. The Bertz CT molecular complexity index is 475. The molecule has 21 heavy (non-hydrogen) atoms. The Balaban J connectivity index is 2.56. The van der Waals surface area contributed by atoms with Crippen LogP contribution in [0.15, 0.2) is 24.3 Å². The first-order valence-electron chi connectivity index (χ1n) is 6.92. The van der Waals surface area contributed by atoms with Gasteiger partial charge in [-0.05, 0) is 26.0 Å². The van der Waals surface area contributed by atoms with Gasteiger partial charge in [0.2, 0.25) is 0 Å². The molecule has 0 atom stereocenters. The number of hydrogen-bond donors (Lipinski definition) is 1. The van der Waals surface area contributed by atoms with Crippen LogP contribution in [0.4, 0.5) is 0 Å². The van der Waals surface area contributed by atoms with Crippen LogP contribution in [-0.4, -0.2) is 48.2 Å². The molecule has 0 radical (unpaired) electrons. The van der Waals surface area contributed by atoms with Crippen LogP contribution in [0.5, 0.6) is 11.5 Å². The SMILES string of the molecule is CCOc1ccccc1OCC(=O)N(CC)CCC(=O)O. The fourth-order valence-electron chi connectivity index (χ4n) is 1.76.